The van der Waals surface area contributed by atoms with E-state index in [0.717, 1.165) is 44.6 Å². The lowest BCUT2D eigenvalue weighted by atomic mass is 10.1. The maximum absolute atomic E-state index is 10.1. The van der Waals surface area contributed by atoms with Crippen LogP contribution in [0.2, 0.25) is 0 Å². The second-order valence-corrected chi connectivity index (χ2v) is 9.23. The predicted molar refractivity (Wildman–Crippen MR) is 146 cm³/mol. The van der Waals surface area contributed by atoms with Gasteiger partial charge >= 0.3 is 0 Å². The molecule has 0 radical (unpaired) electrons. The van der Waals surface area contributed by atoms with Crippen LogP contribution in [0.25, 0.3) is 22.1 Å². The Bertz CT molecular complexity index is 1630. The molecule has 0 saturated carbocycles. The number of fused-ring (bicyclic) bond motifs is 2. The zero-order valence-corrected chi connectivity index (χ0v) is 20.8. The highest BCUT2D eigenvalue weighted by Gasteiger charge is 2.30. The molecular weight excluding hydrogens is 480 g/mol. The van der Waals surface area contributed by atoms with Gasteiger partial charge in [0.25, 0.3) is 0 Å². The van der Waals surface area contributed by atoms with Crippen LogP contribution >= 0.6 is 0 Å². The van der Waals surface area contributed by atoms with Gasteiger partial charge in [-0.25, -0.2) is 9.36 Å². The zero-order valence-electron chi connectivity index (χ0n) is 20.8. The van der Waals surface area contributed by atoms with E-state index in [1.54, 1.807) is 12.1 Å². The number of hydrogen-bond donors (Lipinski definition) is 4. The van der Waals surface area contributed by atoms with Gasteiger partial charge in [-0.3, -0.25) is 0 Å². The molecule has 6 rings (SSSR count). The quantitative estimate of drug-likeness (QED) is 0.220. The minimum Gasteiger partial charge on any atom is -0.508 e. The first kappa shape index (κ1) is 23.3. The number of aromatic nitrogens is 6. The van der Waals surface area contributed by atoms with Crippen molar-refractivity contribution in [1.29, 1.82) is 0 Å². The van der Waals surface area contributed by atoms with Crippen LogP contribution < -0.4 is 10.6 Å². The van der Waals surface area contributed by atoms with E-state index in [2.05, 4.69) is 31.3 Å². The van der Waals surface area contributed by atoms with Crippen molar-refractivity contribution >= 4 is 33.4 Å². The summed E-state index contributed by atoms with van der Waals surface area (Å²) >= 11 is 0. The van der Waals surface area contributed by atoms with E-state index in [1.807, 2.05) is 96.0 Å². The van der Waals surface area contributed by atoms with Crippen LogP contribution in [-0.2, 0) is 0 Å². The molecule has 38 heavy (non-hydrogen) atoms. The number of aromatic hydroxyl groups is 2. The molecule has 0 saturated heterocycles. The molecule has 2 heterocycles. The van der Waals surface area contributed by atoms with Crippen LogP contribution in [0.3, 0.4) is 0 Å². The van der Waals surface area contributed by atoms with E-state index in [0.29, 0.717) is 0 Å². The Labute approximate surface area is 218 Å². The average Bonchev–Trinajstić information content (AvgIpc) is 3.55. The topological polar surface area (TPSA) is 126 Å². The van der Waals surface area contributed by atoms with Gasteiger partial charge in [-0.2, -0.15) is 0 Å². The van der Waals surface area contributed by atoms with Crippen LogP contribution in [0.15, 0.2) is 84.9 Å². The molecule has 0 amide bonds. The molecule has 6 aromatic rings. The van der Waals surface area contributed by atoms with Gasteiger partial charge in [0.1, 0.15) is 22.5 Å². The summed E-state index contributed by atoms with van der Waals surface area (Å²) in [6, 6.07) is 26.2. The molecule has 0 bridgehead atoms. The Hall–Kier alpha value is -5.12. The predicted octanol–water partition coefficient (Wildman–Crippen LogP) is 5.13. The first-order valence-corrected chi connectivity index (χ1v) is 12.2. The van der Waals surface area contributed by atoms with E-state index >= 15 is 0 Å². The molecule has 2 unspecified atom stereocenters. The summed E-state index contributed by atoms with van der Waals surface area (Å²) in [5.74, 6) is 0.435. The second kappa shape index (κ2) is 9.40. The number of rotatable bonds is 7. The number of anilines is 2. The van der Waals surface area contributed by atoms with Crippen molar-refractivity contribution in [3.8, 4) is 11.5 Å². The molecule has 4 aromatic carbocycles. The van der Waals surface area contributed by atoms with Crippen molar-refractivity contribution in [3.05, 3.63) is 96.1 Å². The minimum atomic E-state index is -0.550. The maximum atomic E-state index is 10.1. The van der Waals surface area contributed by atoms with Crippen molar-refractivity contribution in [2.45, 2.75) is 26.2 Å². The number of benzene rings is 4. The summed E-state index contributed by atoms with van der Waals surface area (Å²) in [4.78, 5) is 0. The Morgan fingerprint density at radius 3 is 1.45 bits per heavy atom. The Morgan fingerprint density at radius 2 is 1.03 bits per heavy atom. The third-order valence-electron chi connectivity index (χ3n) is 6.60. The van der Waals surface area contributed by atoms with Crippen molar-refractivity contribution in [2.24, 2.45) is 0 Å². The second-order valence-electron chi connectivity index (χ2n) is 9.23. The van der Waals surface area contributed by atoms with Crippen molar-refractivity contribution in [1.82, 2.24) is 30.0 Å². The summed E-state index contributed by atoms with van der Waals surface area (Å²) in [5, 5.41) is 45.3. The average molecular weight is 507 g/mol. The zero-order chi connectivity index (χ0) is 26.2. The molecule has 10 nitrogen and oxygen atoms in total. The lowest BCUT2D eigenvalue weighted by Crippen LogP contribution is -2.35. The molecule has 2 aromatic heterocycles. The highest BCUT2D eigenvalue weighted by atomic mass is 16.3. The lowest BCUT2D eigenvalue weighted by molar-refractivity contribution is 0.346. The van der Waals surface area contributed by atoms with Crippen LogP contribution in [0.4, 0.5) is 11.4 Å². The van der Waals surface area contributed by atoms with Crippen LogP contribution in [0, 0.1) is 13.8 Å². The van der Waals surface area contributed by atoms with Crippen LogP contribution in [-0.4, -0.2) is 40.2 Å². The number of para-hydroxylation sites is 2. The number of phenols is 2. The highest BCUT2D eigenvalue weighted by molar-refractivity contribution is 5.75. The highest BCUT2D eigenvalue weighted by Crippen LogP contribution is 2.33. The summed E-state index contributed by atoms with van der Waals surface area (Å²) in [5.41, 5.74) is 6.21. The molecule has 4 N–H and O–H groups in total. The SMILES string of the molecule is Cc1cc(NC(C(Nc2ccc(O)c(C)c2)n2nnc3ccccc32)n2nnc3ccccc32)ccc1O. The first-order valence-electron chi connectivity index (χ1n) is 12.2. The van der Waals surface area contributed by atoms with Gasteiger partial charge in [-0.1, -0.05) is 34.7 Å². The maximum Gasteiger partial charge on any atom is 0.164 e. The van der Waals surface area contributed by atoms with Crippen molar-refractivity contribution in [3.63, 3.8) is 0 Å². The van der Waals surface area contributed by atoms with Gasteiger partial charge in [0.2, 0.25) is 0 Å². The molecule has 0 aliphatic rings. The number of nitrogens with zero attached hydrogens (tertiary/aromatic N) is 6. The molecule has 10 heteroatoms. The van der Waals surface area contributed by atoms with Crippen molar-refractivity contribution < 1.29 is 10.2 Å². The van der Waals surface area contributed by atoms with Gasteiger partial charge in [0.05, 0.1) is 11.0 Å². The van der Waals surface area contributed by atoms with E-state index in [1.165, 1.54) is 0 Å². The molecule has 2 atom stereocenters. The summed E-state index contributed by atoms with van der Waals surface area (Å²) in [6.07, 6.45) is -1.10. The van der Waals surface area contributed by atoms with Crippen LogP contribution in [0.5, 0.6) is 11.5 Å². The largest absolute Gasteiger partial charge is 0.508 e. The number of nitrogens with one attached hydrogen (secondary N) is 2. The van der Waals surface area contributed by atoms with Gasteiger partial charge in [0.15, 0.2) is 12.3 Å². The summed E-state index contributed by atoms with van der Waals surface area (Å²) < 4.78 is 3.64. The van der Waals surface area contributed by atoms with Gasteiger partial charge < -0.3 is 20.8 Å². The van der Waals surface area contributed by atoms with E-state index in [9.17, 15) is 10.2 Å². The lowest BCUT2D eigenvalue weighted by Gasteiger charge is -2.31. The number of hydrogen-bond acceptors (Lipinski definition) is 8. The normalized spacial score (nSPS) is 13.0. The van der Waals surface area contributed by atoms with E-state index < -0.39 is 12.3 Å². The fourth-order valence-electron chi connectivity index (χ4n) is 4.56. The van der Waals surface area contributed by atoms with Gasteiger partial charge in [0, 0.05) is 11.4 Å². The Kier molecular flexibility index (Phi) is 5.76. The molecule has 0 fully saturated rings. The summed E-state index contributed by atoms with van der Waals surface area (Å²) in [7, 11) is 0. The number of phenolic OH excluding ortho intramolecular Hbond substituents is 2. The molecule has 0 aliphatic carbocycles. The van der Waals surface area contributed by atoms with Gasteiger partial charge in [-0.15, -0.1) is 10.2 Å². The molecular formula is C28H26N8O2. The fourth-order valence-corrected chi connectivity index (χ4v) is 4.56. The molecule has 0 aliphatic heterocycles. The standard InChI is InChI=1S/C28H26N8O2/c1-17-15-19(11-13-25(17)37)29-27(35-23-9-5-3-7-21(23)31-33-35)28(30-20-12-14-26(38)18(2)16-20)36-24-10-6-4-8-22(24)32-34-36/h3-16,27-30,37-38H,1-2H3. The monoisotopic (exact) mass is 506 g/mol. The minimum absolute atomic E-state index is 0.217. The first-order chi connectivity index (χ1) is 18.5. The number of aryl methyl sites for hydroxylation is 2. The molecule has 190 valence electrons. The fraction of sp³-hybridized carbons (Fsp3) is 0.143. The van der Waals surface area contributed by atoms with E-state index in [4.69, 9.17) is 0 Å². The third-order valence-corrected chi connectivity index (χ3v) is 6.60. The van der Waals surface area contributed by atoms with Crippen LogP contribution in [0.1, 0.15) is 23.5 Å². The van der Waals surface area contributed by atoms with Crippen molar-refractivity contribution in [2.75, 3.05) is 10.6 Å². The van der Waals surface area contributed by atoms with E-state index in [-0.39, 0.29) is 11.5 Å². The Morgan fingerprint density at radius 1 is 0.605 bits per heavy atom. The Balaban J connectivity index is 1.55. The third kappa shape index (κ3) is 4.21. The van der Waals surface area contributed by atoms with Gasteiger partial charge in [-0.05, 0) is 85.6 Å². The smallest absolute Gasteiger partial charge is 0.164 e. The summed E-state index contributed by atoms with van der Waals surface area (Å²) in [6.45, 7) is 3.69. The molecule has 0 spiro atoms.